The molecule has 4 nitrogen and oxygen atoms in total. The third kappa shape index (κ3) is 4.40. The van der Waals surface area contributed by atoms with Crippen molar-refractivity contribution >= 4 is 27.5 Å². The van der Waals surface area contributed by atoms with Crippen LogP contribution in [-0.4, -0.2) is 31.7 Å². The number of hydrogen-bond acceptors (Lipinski definition) is 3. The molecule has 2 N–H and O–H groups in total. The quantitative estimate of drug-likeness (QED) is 0.876. The second kappa shape index (κ2) is 6.87. The van der Waals surface area contributed by atoms with Gasteiger partial charge >= 0.3 is 0 Å². The maximum absolute atomic E-state index is 11.6. The summed E-state index contributed by atoms with van der Waals surface area (Å²) in [6.45, 7) is 1.76. The molecule has 0 aromatic heterocycles. The summed E-state index contributed by atoms with van der Waals surface area (Å²) < 4.78 is 6.34. The van der Waals surface area contributed by atoms with E-state index in [1.54, 1.807) is 0 Å². The number of amides is 1. The standard InChI is InChI=1S/C13H17BrN2O2/c14-10-3-1-4-11(7-10)16-13(17)9-18-8-12-5-2-6-15-12/h1,3-4,7,12,15H,2,5-6,8-9H2,(H,16,17). The Hall–Kier alpha value is -0.910. The lowest BCUT2D eigenvalue weighted by Gasteiger charge is -2.11. The summed E-state index contributed by atoms with van der Waals surface area (Å²) in [4.78, 5) is 11.6. The number of ether oxygens (including phenoxy) is 1. The van der Waals surface area contributed by atoms with Crippen LogP contribution in [-0.2, 0) is 9.53 Å². The first-order chi connectivity index (χ1) is 8.74. The van der Waals surface area contributed by atoms with Crippen LogP contribution in [0.5, 0.6) is 0 Å². The molecule has 0 radical (unpaired) electrons. The van der Waals surface area contributed by atoms with Crippen molar-refractivity contribution in [3.63, 3.8) is 0 Å². The number of rotatable bonds is 5. The molecule has 1 saturated heterocycles. The van der Waals surface area contributed by atoms with Crippen molar-refractivity contribution in [2.45, 2.75) is 18.9 Å². The number of carbonyl (C=O) groups excluding carboxylic acids is 1. The van der Waals surface area contributed by atoms with Crippen LogP contribution in [0.15, 0.2) is 28.7 Å². The molecule has 5 heteroatoms. The second-order valence-electron chi connectivity index (χ2n) is 4.37. The molecular formula is C13H17BrN2O2. The third-order valence-electron chi connectivity index (χ3n) is 2.82. The predicted octanol–water partition coefficient (Wildman–Crippen LogP) is 2.16. The summed E-state index contributed by atoms with van der Waals surface area (Å²) in [6, 6.07) is 7.90. The highest BCUT2D eigenvalue weighted by Crippen LogP contribution is 2.15. The number of carbonyl (C=O) groups is 1. The minimum atomic E-state index is -0.119. The molecule has 0 spiro atoms. The molecule has 2 rings (SSSR count). The van der Waals surface area contributed by atoms with E-state index in [0.717, 1.165) is 23.1 Å². The number of hydrogen-bond donors (Lipinski definition) is 2. The topological polar surface area (TPSA) is 50.4 Å². The first kappa shape index (κ1) is 13.5. The second-order valence-corrected chi connectivity index (χ2v) is 5.28. The first-order valence-corrected chi connectivity index (χ1v) is 6.90. The van der Waals surface area contributed by atoms with Crippen molar-refractivity contribution in [3.8, 4) is 0 Å². The highest BCUT2D eigenvalue weighted by molar-refractivity contribution is 9.10. The maximum Gasteiger partial charge on any atom is 0.250 e. The van der Waals surface area contributed by atoms with E-state index >= 15 is 0 Å². The maximum atomic E-state index is 11.6. The Bertz CT molecular complexity index is 406. The van der Waals surface area contributed by atoms with Crippen LogP contribution in [0.1, 0.15) is 12.8 Å². The molecule has 1 aromatic carbocycles. The fraction of sp³-hybridized carbons (Fsp3) is 0.462. The van der Waals surface area contributed by atoms with Crippen molar-refractivity contribution < 1.29 is 9.53 Å². The Morgan fingerprint density at radius 3 is 3.17 bits per heavy atom. The van der Waals surface area contributed by atoms with Crippen molar-refractivity contribution in [2.75, 3.05) is 25.1 Å². The van der Waals surface area contributed by atoms with E-state index in [0.29, 0.717) is 12.6 Å². The monoisotopic (exact) mass is 312 g/mol. The van der Waals surface area contributed by atoms with Gasteiger partial charge in [0.05, 0.1) is 6.61 Å². The Labute approximate surface area is 115 Å². The Morgan fingerprint density at radius 1 is 1.56 bits per heavy atom. The van der Waals surface area contributed by atoms with Gasteiger partial charge in [0, 0.05) is 16.2 Å². The fourth-order valence-electron chi connectivity index (χ4n) is 1.96. The molecule has 0 aliphatic carbocycles. The van der Waals surface area contributed by atoms with Gasteiger partial charge < -0.3 is 15.4 Å². The van der Waals surface area contributed by atoms with E-state index in [4.69, 9.17) is 4.74 Å². The van der Waals surface area contributed by atoms with E-state index in [1.165, 1.54) is 6.42 Å². The normalized spacial score (nSPS) is 18.8. The van der Waals surface area contributed by atoms with E-state index in [1.807, 2.05) is 24.3 Å². The molecule has 1 unspecified atom stereocenters. The summed E-state index contributed by atoms with van der Waals surface area (Å²) in [5, 5.41) is 6.12. The number of anilines is 1. The summed E-state index contributed by atoms with van der Waals surface area (Å²) >= 11 is 3.36. The summed E-state index contributed by atoms with van der Waals surface area (Å²) in [5.74, 6) is -0.119. The molecule has 98 valence electrons. The van der Waals surface area contributed by atoms with Crippen LogP contribution in [0, 0.1) is 0 Å². The van der Waals surface area contributed by atoms with Crippen LogP contribution in [0.4, 0.5) is 5.69 Å². The molecule has 1 fully saturated rings. The van der Waals surface area contributed by atoms with Crippen LogP contribution in [0.25, 0.3) is 0 Å². The molecule has 1 aliphatic heterocycles. The van der Waals surface area contributed by atoms with Crippen LogP contribution in [0.3, 0.4) is 0 Å². The van der Waals surface area contributed by atoms with Gasteiger partial charge in [-0.05, 0) is 37.6 Å². The average molecular weight is 313 g/mol. The Balaban J connectivity index is 1.68. The van der Waals surface area contributed by atoms with Gasteiger partial charge in [-0.3, -0.25) is 4.79 Å². The van der Waals surface area contributed by atoms with Crippen molar-refractivity contribution in [1.29, 1.82) is 0 Å². The van der Waals surface area contributed by atoms with E-state index < -0.39 is 0 Å². The molecular weight excluding hydrogens is 296 g/mol. The largest absolute Gasteiger partial charge is 0.370 e. The van der Waals surface area contributed by atoms with Gasteiger partial charge in [0.2, 0.25) is 5.91 Å². The lowest BCUT2D eigenvalue weighted by Crippen LogP contribution is -2.29. The Kier molecular flexibility index (Phi) is 5.16. The number of benzene rings is 1. The van der Waals surface area contributed by atoms with E-state index in [2.05, 4.69) is 26.6 Å². The summed E-state index contributed by atoms with van der Waals surface area (Å²) in [7, 11) is 0. The zero-order valence-corrected chi connectivity index (χ0v) is 11.7. The van der Waals surface area contributed by atoms with Gasteiger partial charge in [-0.1, -0.05) is 22.0 Å². The van der Waals surface area contributed by atoms with Gasteiger partial charge in [0.1, 0.15) is 6.61 Å². The molecule has 1 amide bonds. The molecule has 1 atom stereocenters. The third-order valence-corrected chi connectivity index (χ3v) is 3.32. The Morgan fingerprint density at radius 2 is 2.44 bits per heavy atom. The first-order valence-electron chi connectivity index (χ1n) is 6.10. The van der Waals surface area contributed by atoms with Gasteiger partial charge in [-0.2, -0.15) is 0 Å². The van der Waals surface area contributed by atoms with Crippen LogP contribution in [0.2, 0.25) is 0 Å². The van der Waals surface area contributed by atoms with Gasteiger partial charge in [-0.15, -0.1) is 0 Å². The molecule has 1 aromatic rings. The highest BCUT2D eigenvalue weighted by Gasteiger charge is 2.14. The minimum Gasteiger partial charge on any atom is -0.370 e. The number of halogens is 1. The van der Waals surface area contributed by atoms with Crippen LogP contribution < -0.4 is 10.6 Å². The van der Waals surface area contributed by atoms with Gasteiger partial charge in [0.25, 0.3) is 0 Å². The fourth-order valence-corrected chi connectivity index (χ4v) is 2.36. The highest BCUT2D eigenvalue weighted by atomic mass is 79.9. The molecule has 1 aliphatic rings. The average Bonchev–Trinajstić information content (AvgIpc) is 2.82. The predicted molar refractivity (Wildman–Crippen MR) is 74.6 cm³/mol. The molecule has 1 heterocycles. The number of nitrogens with one attached hydrogen (secondary N) is 2. The van der Waals surface area contributed by atoms with Crippen LogP contribution >= 0.6 is 15.9 Å². The molecule has 0 bridgehead atoms. The van der Waals surface area contributed by atoms with Crippen molar-refractivity contribution in [1.82, 2.24) is 5.32 Å². The van der Waals surface area contributed by atoms with Crippen molar-refractivity contribution in [3.05, 3.63) is 28.7 Å². The SMILES string of the molecule is O=C(COCC1CCCN1)Nc1cccc(Br)c1. The lowest BCUT2D eigenvalue weighted by atomic mass is 10.2. The summed E-state index contributed by atoms with van der Waals surface area (Å²) in [5.41, 5.74) is 0.775. The van der Waals surface area contributed by atoms with Crippen molar-refractivity contribution in [2.24, 2.45) is 0 Å². The van der Waals surface area contributed by atoms with E-state index in [-0.39, 0.29) is 12.5 Å². The summed E-state index contributed by atoms with van der Waals surface area (Å²) in [6.07, 6.45) is 2.32. The van der Waals surface area contributed by atoms with E-state index in [9.17, 15) is 4.79 Å². The minimum absolute atomic E-state index is 0.102. The van der Waals surface area contributed by atoms with Gasteiger partial charge in [0.15, 0.2) is 0 Å². The molecule has 0 saturated carbocycles. The smallest absolute Gasteiger partial charge is 0.250 e. The molecule has 18 heavy (non-hydrogen) atoms. The zero-order chi connectivity index (χ0) is 12.8. The van der Waals surface area contributed by atoms with Gasteiger partial charge in [-0.25, -0.2) is 0 Å². The zero-order valence-electron chi connectivity index (χ0n) is 10.1. The lowest BCUT2D eigenvalue weighted by molar-refractivity contribution is -0.120.